The highest BCUT2D eigenvalue weighted by atomic mass is 16.5. The topological polar surface area (TPSA) is 38.3 Å². The van der Waals surface area contributed by atoms with E-state index < -0.39 is 0 Å². The van der Waals surface area contributed by atoms with Gasteiger partial charge < -0.3 is 10.1 Å². The molecule has 16 heavy (non-hydrogen) atoms. The van der Waals surface area contributed by atoms with Crippen LogP contribution >= 0.6 is 0 Å². The molecule has 1 rings (SSSR count). The Bertz CT molecular complexity index is 121. The van der Waals surface area contributed by atoms with Gasteiger partial charge >= 0.3 is 5.97 Å². The maximum atomic E-state index is 10.7. The summed E-state index contributed by atoms with van der Waals surface area (Å²) in [6.07, 6.45) is 3.26. The van der Waals surface area contributed by atoms with Gasteiger partial charge in [-0.2, -0.15) is 0 Å². The molecular formula is C13H31NO2. The average Bonchev–Trinajstić information content (AvgIpc) is 2.88. The van der Waals surface area contributed by atoms with Gasteiger partial charge in [0.05, 0.1) is 7.11 Å². The van der Waals surface area contributed by atoms with Crippen molar-refractivity contribution in [3.8, 4) is 0 Å². The van der Waals surface area contributed by atoms with E-state index in [9.17, 15) is 4.79 Å². The minimum Gasteiger partial charge on any atom is -0.468 e. The van der Waals surface area contributed by atoms with Crippen LogP contribution in [0.15, 0.2) is 0 Å². The summed E-state index contributed by atoms with van der Waals surface area (Å²) in [6.45, 7) is 13.2. The van der Waals surface area contributed by atoms with Gasteiger partial charge in [-0.25, -0.2) is 0 Å². The monoisotopic (exact) mass is 233 g/mol. The van der Waals surface area contributed by atoms with Crippen LogP contribution in [0.1, 0.15) is 60.8 Å². The minimum atomic E-state index is -0.132. The Hall–Kier alpha value is -0.570. The van der Waals surface area contributed by atoms with Crippen molar-refractivity contribution in [1.82, 2.24) is 5.32 Å². The van der Waals surface area contributed by atoms with Gasteiger partial charge in [0.1, 0.15) is 6.04 Å². The Morgan fingerprint density at radius 3 is 1.94 bits per heavy atom. The minimum absolute atomic E-state index is 0.0324. The van der Waals surface area contributed by atoms with Gasteiger partial charge in [-0.3, -0.25) is 4.79 Å². The number of hydrogen-bond donors (Lipinski definition) is 1. The Kier molecular flexibility index (Phi) is 25.9. The van der Waals surface area contributed by atoms with Crippen LogP contribution in [0, 0.1) is 0 Å². The van der Waals surface area contributed by atoms with E-state index in [4.69, 9.17) is 0 Å². The Balaban J connectivity index is -0.000000206. The number of hydrogen-bond acceptors (Lipinski definition) is 3. The molecule has 0 spiro atoms. The zero-order valence-corrected chi connectivity index (χ0v) is 12.2. The lowest BCUT2D eigenvalue weighted by atomic mass is 10.2. The molecule has 1 atom stereocenters. The molecule has 1 aliphatic rings. The van der Waals surface area contributed by atoms with Crippen LogP contribution in [0.3, 0.4) is 0 Å². The molecule has 3 heteroatoms. The first-order valence-corrected chi connectivity index (χ1v) is 6.57. The number of carbonyl (C=O) groups is 1. The lowest BCUT2D eigenvalue weighted by molar-refractivity contribution is -0.142. The van der Waals surface area contributed by atoms with Gasteiger partial charge in [0, 0.05) is 0 Å². The van der Waals surface area contributed by atoms with Crippen molar-refractivity contribution in [2.75, 3.05) is 13.7 Å². The molecule has 100 valence electrons. The summed E-state index contributed by atoms with van der Waals surface area (Å²) in [6, 6.07) is -0.0324. The maximum Gasteiger partial charge on any atom is 0.322 e. The molecule has 1 N–H and O–H groups in total. The number of carbonyl (C=O) groups excluding carboxylic acids is 1. The second-order valence-corrected chi connectivity index (χ2v) is 2.88. The van der Waals surface area contributed by atoms with E-state index in [1.165, 1.54) is 13.5 Å². The van der Waals surface area contributed by atoms with Crippen molar-refractivity contribution in [3.63, 3.8) is 0 Å². The van der Waals surface area contributed by atoms with E-state index in [0.29, 0.717) is 0 Å². The fraction of sp³-hybridized carbons (Fsp3) is 0.923. The van der Waals surface area contributed by atoms with Crippen molar-refractivity contribution >= 4 is 5.97 Å². The van der Waals surface area contributed by atoms with Crippen molar-refractivity contribution in [1.29, 1.82) is 0 Å². The summed E-state index contributed by atoms with van der Waals surface area (Å²) >= 11 is 0. The van der Waals surface area contributed by atoms with Crippen LogP contribution in [0.25, 0.3) is 0 Å². The molecule has 0 radical (unpaired) electrons. The molecule has 0 aromatic carbocycles. The molecule has 3 nitrogen and oxygen atoms in total. The van der Waals surface area contributed by atoms with E-state index in [0.717, 1.165) is 19.4 Å². The Labute approximate surface area is 102 Å². The molecule has 0 bridgehead atoms. The maximum absolute atomic E-state index is 10.7. The third kappa shape index (κ3) is 13.4. The highest BCUT2D eigenvalue weighted by molar-refractivity contribution is 5.75. The summed E-state index contributed by atoms with van der Waals surface area (Å²) in [4.78, 5) is 10.7. The predicted molar refractivity (Wildman–Crippen MR) is 71.7 cm³/mol. The van der Waals surface area contributed by atoms with Crippen LogP contribution < -0.4 is 5.32 Å². The van der Waals surface area contributed by atoms with Gasteiger partial charge in [0.2, 0.25) is 0 Å². The van der Waals surface area contributed by atoms with Gasteiger partial charge in [0.25, 0.3) is 0 Å². The zero-order chi connectivity index (χ0) is 13.4. The number of ether oxygens (including phenoxy) is 1. The third-order valence-corrected chi connectivity index (χ3v) is 1.55. The van der Waals surface area contributed by atoms with Gasteiger partial charge in [0.15, 0.2) is 0 Å². The average molecular weight is 233 g/mol. The fourth-order valence-corrected chi connectivity index (χ4v) is 1.03. The first kappa shape index (κ1) is 20.8. The number of nitrogens with one attached hydrogen (secondary N) is 1. The Morgan fingerprint density at radius 1 is 1.25 bits per heavy atom. The summed E-state index contributed by atoms with van der Waals surface area (Å²) in [7, 11) is 1.42. The smallest absolute Gasteiger partial charge is 0.322 e. The normalized spacial score (nSPS) is 16.6. The SMILES string of the molecule is CC.CC.CCC.COC(=O)C1CCCN1. The number of rotatable bonds is 1. The van der Waals surface area contributed by atoms with Crippen molar-refractivity contribution in [3.05, 3.63) is 0 Å². The highest BCUT2D eigenvalue weighted by Crippen LogP contribution is 2.05. The van der Waals surface area contributed by atoms with E-state index in [-0.39, 0.29) is 12.0 Å². The summed E-state index contributed by atoms with van der Waals surface area (Å²) in [5.74, 6) is -0.132. The molecule has 0 aliphatic carbocycles. The molecule has 1 unspecified atom stereocenters. The summed E-state index contributed by atoms with van der Waals surface area (Å²) in [5.41, 5.74) is 0. The van der Waals surface area contributed by atoms with E-state index >= 15 is 0 Å². The highest BCUT2D eigenvalue weighted by Gasteiger charge is 2.21. The molecule has 1 saturated heterocycles. The quantitative estimate of drug-likeness (QED) is 0.706. The molecule has 0 aromatic heterocycles. The zero-order valence-electron chi connectivity index (χ0n) is 12.2. The van der Waals surface area contributed by atoms with Crippen LogP contribution in [-0.4, -0.2) is 25.7 Å². The summed E-state index contributed by atoms with van der Waals surface area (Å²) in [5, 5.41) is 3.03. The first-order chi connectivity index (χ1) is 7.76. The lowest BCUT2D eigenvalue weighted by Gasteiger charge is -2.04. The van der Waals surface area contributed by atoms with Crippen LogP contribution in [0.2, 0.25) is 0 Å². The fourth-order valence-electron chi connectivity index (χ4n) is 1.03. The van der Waals surface area contributed by atoms with E-state index in [2.05, 4.69) is 23.9 Å². The van der Waals surface area contributed by atoms with Crippen molar-refractivity contribution in [2.24, 2.45) is 0 Å². The summed E-state index contributed by atoms with van der Waals surface area (Å²) < 4.78 is 4.53. The molecular weight excluding hydrogens is 202 g/mol. The van der Waals surface area contributed by atoms with Crippen LogP contribution in [0.4, 0.5) is 0 Å². The third-order valence-electron chi connectivity index (χ3n) is 1.55. The molecule has 0 aromatic rings. The molecule has 1 heterocycles. The van der Waals surface area contributed by atoms with Crippen molar-refractivity contribution in [2.45, 2.75) is 66.8 Å². The molecule has 1 aliphatic heterocycles. The van der Waals surface area contributed by atoms with Gasteiger partial charge in [-0.1, -0.05) is 48.0 Å². The first-order valence-electron chi connectivity index (χ1n) is 6.57. The van der Waals surface area contributed by atoms with Crippen molar-refractivity contribution < 1.29 is 9.53 Å². The van der Waals surface area contributed by atoms with E-state index in [1.807, 2.05) is 27.7 Å². The van der Waals surface area contributed by atoms with Gasteiger partial charge in [-0.05, 0) is 19.4 Å². The molecule has 0 saturated carbocycles. The predicted octanol–water partition coefficient (Wildman–Crippen LogP) is 3.38. The second kappa shape index (κ2) is 19.9. The largest absolute Gasteiger partial charge is 0.468 e. The molecule has 0 amide bonds. The molecule has 1 fully saturated rings. The standard InChI is InChI=1S/C6H11NO2.C3H8.2C2H6/c1-9-6(8)5-3-2-4-7-5;1-3-2;2*1-2/h5,7H,2-4H2,1H3;3H2,1-2H3;2*1-2H3. The Morgan fingerprint density at radius 2 is 1.69 bits per heavy atom. The van der Waals surface area contributed by atoms with E-state index in [1.54, 1.807) is 0 Å². The second-order valence-electron chi connectivity index (χ2n) is 2.88. The van der Waals surface area contributed by atoms with Gasteiger partial charge in [-0.15, -0.1) is 0 Å². The lowest BCUT2D eigenvalue weighted by Crippen LogP contribution is -2.31. The number of methoxy groups -OCH3 is 1. The van der Waals surface area contributed by atoms with Crippen LogP contribution in [0.5, 0.6) is 0 Å². The van der Waals surface area contributed by atoms with Crippen LogP contribution in [-0.2, 0) is 9.53 Å². The number of esters is 1.